The SMILES string of the molecule is Cc1ccc(S(=O)(=O)N(CC(=O)NC(C)c2ccc3c(c2)OCCO3)c2ccccc2C)cc1. The van der Waals surface area contributed by atoms with Crippen LogP contribution >= 0.6 is 0 Å². The molecule has 1 amide bonds. The van der Waals surface area contributed by atoms with E-state index in [-0.39, 0.29) is 17.5 Å². The van der Waals surface area contributed by atoms with Crippen molar-refractivity contribution >= 4 is 21.6 Å². The lowest BCUT2D eigenvalue weighted by atomic mass is 10.1. The number of fused-ring (bicyclic) bond motifs is 1. The molecule has 0 radical (unpaired) electrons. The molecule has 7 nitrogen and oxygen atoms in total. The highest BCUT2D eigenvalue weighted by Gasteiger charge is 2.28. The molecule has 0 bridgehead atoms. The summed E-state index contributed by atoms with van der Waals surface area (Å²) in [5, 5.41) is 2.91. The summed E-state index contributed by atoms with van der Waals surface area (Å²) >= 11 is 0. The maximum Gasteiger partial charge on any atom is 0.264 e. The molecule has 1 heterocycles. The van der Waals surface area contributed by atoms with Crippen LogP contribution in [0.3, 0.4) is 0 Å². The third kappa shape index (κ3) is 5.02. The Morgan fingerprint density at radius 2 is 1.65 bits per heavy atom. The second-order valence-corrected chi connectivity index (χ2v) is 10.2. The standard InChI is InChI=1S/C26H28N2O5S/c1-18-8-11-22(12-9-18)34(30,31)28(23-7-5-4-6-19(23)2)17-26(29)27-20(3)21-10-13-24-25(16-21)33-15-14-32-24/h4-13,16,20H,14-15,17H2,1-3H3,(H,27,29). The van der Waals surface area contributed by atoms with Gasteiger partial charge in [-0.3, -0.25) is 9.10 Å². The van der Waals surface area contributed by atoms with Crippen molar-refractivity contribution in [3.8, 4) is 11.5 Å². The number of ether oxygens (including phenoxy) is 2. The van der Waals surface area contributed by atoms with Crippen LogP contribution in [-0.4, -0.2) is 34.1 Å². The van der Waals surface area contributed by atoms with E-state index in [1.54, 1.807) is 36.4 Å². The van der Waals surface area contributed by atoms with Crippen LogP contribution < -0.4 is 19.1 Å². The average Bonchev–Trinajstić information content (AvgIpc) is 2.83. The molecule has 1 atom stereocenters. The Balaban J connectivity index is 1.58. The van der Waals surface area contributed by atoms with Crippen molar-refractivity contribution in [2.24, 2.45) is 0 Å². The summed E-state index contributed by atoms with van der Waals surface area (Å²) in [5.74, 6) is 0.887. The molecule has 1 aliphatic heterocycles. The van der Waals surface area contributed by atoms with Gasteiger partial charge in [0.25, 0.3) is 10.0 Å². The van der Waals surface area contributed by atoms with Gasteiger partial charge in [-0.1, -0.05) is 42.0 Å². The highest BCUT2D eigenvalue weighted by atomic mass is 32.2. The van der Waals surface area contributed by atoms with Gasteiger partial charge >= 0.3 is 0 Å². The summed E-state index contributed by atoms with van der Waals surface area (Å²) in [7, 11) is -3.96. The number of rotatable bonds is 7. The van der Waals surface area contributed by atoms with E-state index in [0.717, 1.165) is 16.7 Å². The van der Waals surface area contributed by atoms with Crippen molar-refractivity contribution in [2.75, 3.05) is 24.1 Å². The van der Waals surface area contributed by atoms with Crippen molar-refractivity contribution in [1.82, 2.24) is 5.32 Å². The second kappa shape index (κ2) is 9.77. The minimum atomic E-state index is -3.96. The average molecular weight is 481 g/mol. The topological polar surface area (TPSA) is 84.9 Å². The summed E-state index contributed by atoms with van der Waals surface area (Å²) in [4.78, 5) is 13.2. The lowest BCUT2D eigenvalue weighted by Gasteiger charge is -2.26. The molecule has 1 aliphatic rings. The van der Waals surface area contributed by atoms with Crippen LogP contribution in [0.1, 0.15) is 29.7 Å². The van der Waals surface area contributed by atoms with E-state index in [4.69, 9.17) is 9.47 Å². The molecule has 3 aromatic rings. The maximum absolute atomic E-state index is 13.6. The fourth-order valence-electron chi connectivity index (χ4n) is 3.81. The number of nitrogens with one attached hydrogen (secondary N) is 1. The van der Waals surface area contributed by atoms with Gasteiger partial charge < -0.3 is 14.8 Å². The van der Waals surface area contributed by atoms with Crippen molar-refractivity contribution < 1.29 is 22.7 Å². The van der Waals surface area contributed by atoms with Crippen LogP contribution in [0.2, 0.25) is 0 Å². The van der Waals surface area contributed by atoms with Crippen molar-refractivity contribution in [3.63, 3.8) is 0 Å². The van der Waals surface area contributed by atoms with Crippen LogP contribution in [0.4, 0.5) is 5.69 Å². The summed E-state index contributed by atoms with van der Waals surface area (Å²) in [6.07, 6.45) is 0. The highest BCUT2D eigenvalue weighted by Crippen LogP contribution is 2.33. The molecular formula is C26H28N2O5S. The number of carbonyl (C=O) groups excluding carboxylic acids is 1. The van der Waals surface area contributed by atoms with E-state index < -0.39 is 15.9 Å². The number of hydrogen-bond donors (Lipinski definition) is 1. The minimum absolute atomic E-state index is 0.133. The molecule has 0 fully saturated rings. The lowest BCUT2D eigenvalue weighted by molar-refractivity contribution is -0.120. The van der Waals surface area contributed by atoms with E-state index in [9.17, 15) is 13.2 Å². The normalized spacial score (nSPS) is 13.7. The van der Waals surface area contributed by atoms with Crippen LogP contribution in [0.15, 0.2) is 71.6 Å². The third-order valence-corrected chi connectivity index (χ3v) is 7.50. The molecule has 3 aromatic carbocycles. The van der Waals surface area contributed by atoms with Crippen molar-refractivity contribution in [3.05, 3.63) is 83.4 Å². The summed E-state index contributed by atoms with van der Waals surface area (Å²) in [5.41, 5.74) is 3.00. The predicted molar refractivity (Wildman–Crippen MR) is 131 cm³/mol. The Labute approximate surface area is 200 Å². The molecule has 4 rings (SSSR count). The molecule has 34 heavy (non-hydrogen) atoms. The number of hydrogen-bond acceptors (Lipinski definition) is 5. The molecule has 1 unspecified atom stereocenters. The molecule has 0 aliphatic carbocycles. The van der Waals surface area contributed by atoms with Gasteiger partial charge in [-0.05, 0) is 62.2 Å². The van der Waals surface area contributed by atoms with Gasteiger partial charge in [-0.15, -0.1) is 0 Å². The number of aryl methyl sites for hydroxylation is 2. The van der Waals surface area contributed by atoms with Crippen molar-refractivity contribution in [2.45, 2.75) is 31.7 Å². The molecule has 0 aromatic heterocycles. The molecule has 0 saturated heterocycles. The lowest BCUT2D eigenvalue weighted by Crippen LogP contribution is -2.41. The summed E-state index contributed by atoms with van der Waals surface area (Å²) < 4.78 is 39.5. The fourth-order valence-corrected chi connectivity index (χ4v) is 5.30. The van der Waals surface area contributed by atoms with Crippen LogP contribution in [0.25, 0.3) is 0 Å². The van der Waals surface area contributed by atoms with Gasteiger partial charge in [0, 0.05) is 0 Å². The molecule has 0 saturated carbocycles. The van der Waals surface area contributed by atoms with E-state index >= 15 is 0 Å². The Morgan fingerprint density at radius 1 is 0.971 bits per heavy atom. The second-order valence-electron chi connectivity index (χ2n) is 8.30. The van der Waals surface area contributed by atoms with E-state index in [0.29, 0.717) is 30.4 Å². The van der Waals surface area contributed by atoms with E-state index in [2.05, 4.69) is 5.32 Å². The number of nitrogens with zero attached hydrogens (tertiary/aromatic N) is 1. The molecular weight excluding hydrogens is 452 g/mol. The first-order valence-electron chi connectivity index (χ1n) is 11.1. The summed E-state index contributed by atoms with van der Waals surface area (Å²) in [6.45, 7) is 6.18. The van der Waals surface area contributed by atoms with Crippen LogP contribution in [-0.2, 0) is 14.8 Å². The first-order chi connectivity index (χ1) is 16.3. The van der Waals surface area contributed by atoms with E-state index in [1.807, 2.05) is 51.1 Å². The van der Waals surface area contributed by atoms with Gasteiger partial charge in [0.05, 0.1) is 16.6 Å². The van der Waals surface area contributed by atoms with Crippen LogP contribution in [0.5, 0.6) is 11.5 Å². The van der Waals surface area contributed by atoms with E-state index in [1.165, 1.54) is 4.31 Å². The van der Waals surface area contributed by atoms with Gasteiger partial charge in [0.1, 0.15) is 19.8 Å². The molecule has 0 spiro atoms. The molecule has 8 heteroatoms. The molecule has 1 N–H and O–H groups in total. The Hall–Kier alpha value is -3.52. The highest BCUT2D eigenvalue weighted by molar-refractivity contribution is 7.92. The number of carbonyl (C=O) groups is 1. The Morgan fingerprint density at radius 3 is 2.35 bits per heavy atom. The molecule has 178 valence electrons. The largest absolute Gasteiger partial charge is 0.486 e. The Bertz CT molecular complexity index is 1290. The first kappa shape index (κ1) is 23.6. The number of amides is 1. The number of para-hydroxylation sites is 1. The zero-order valence-corrected chi connectivity index (χ0v) is 20.3. The zero-order valence-electron chi connectivity index (χ0n) is 19.4. The predicted octanol–water partition coefficient (Wildman–Crippen LogP) is 4.15. The third-order valence-electron chi connectivity index (χ3n) is 5.72. The monoisotopic (exact) mass is 480 g/mol. The quantitative estimate of drug-likeness (QED) is 0.549. The van der Waals surface area contributed by atoms with Gasteiger partial charge in [-0.25, -0.2) is 8.42 Å². The summed E-state index contributed by atoms with van der Waals surface area (Å²) in [6, 6.07) is 18.9. The number of sulfonamides is 1. The van der Waals surface area contributed by atoms with Crippen LogP contribution in [0, 0.1) is 13.8 Å². The maximum atomic E-state index is 13.6. The van der Waals surface area contributed by atoms with Gasteiger partial charge in [-0.2, -0.15) is 0 Å². The first-order valence-corrected chi connectivity index (χ1v) is 12.5. The minimum Gasteiger partial charge on any atom is -0.486 e. The zero-order chi connectivity index (χ0) is 24.3. The van der Waals surface area contributed by atoms with Crippen molar-refractivity contribution in [1.29, 1.82) is 0 Å². The van der Waals surface area contributed by atoms with Gasteiger partial charge in [0.15, 0.2) is 11.5 Å². The van der Waals surface area contributed by atoms with Gasteiger partial charge in [0.2, 0.25) is 5.91 Å². The number of anilines is 1. The Kier molecular flexibility index (Phi) is 6.79. The fraction of sp³-hybridized carbons (Fsp3) is 0.269. The number of benzene rings is 3. The smallest absolute Gasteiger partial charge is 0.264 e.